The van der Waals surface area contributed by atoms with Gasteiger partial charge in [0.2, 0.25) is 5.91 Å². The first-order chi connectivity index (χ1) is 13.0. The molecule has 2 aliphatic heterocycles. The Kier molecular flexibility index (Phi) is 6.85. The Morgan fingerprint density at radius 2 is 1.85 bits per heavy atom. The molecule has 1 aromatic carbocycles. The van der Waals surface area contributed by atoms with E-state index in [1.165, 1.54) is 0 Å². The van der Waals surface area contributed by atoms with Crippen molar-refractivity contribution in [1.29, 1.82) is 0 Å². The van der Waals surface area contributed by atoms with Crippen molar-refractivity contribution in [2.24, 2.45) is 5.92 Å². The van der Waals surface area contributed by atoms with Gasteiger partial charge in [-0.3, -0.25) is 14.5 Å². The minimum atomic E-state index is -0.0590. The molecule has 0 aliphatic carbocycles. The van der Waals surface area contributed by atoms with Crippen LogP contribution >= 0.6 is 0 Å². The number of ether oxygens (including phenoxy) is 1. The smallest absolute Gasteiger partial charge is 0.251 e. The van der Waals surface area contributed by atoms with Gasteiger partial charge in [-0.15, -0.1) is 0 Å². The van der Waals surface area contributed by atoms with Gasteiger partial charge in [0.15, 0.2) is 0 Å². The largest absolute Gasteiger partial charge is 0.379 e. The molecule has 1 N–H and O–H groups in total. The Bertz CT molecular complexity index is 639. The van der Waals surface area contributed by atoms with Gasteiger partial charge >= 0.3 is 0 Å². The van der Waals surface area contributed by atoms with E-state index in [4.69, 9.17) is 4.74 Å². The van der Waals surface area contributed by atoms with Crippen LogP contribution in [0.2, 0.25) is 0 Å². The molecule has 148 valence electrons. The monoisotopic (exact) mass is 373 g/mol. The number of rotatable bonds is 7. The van der Waals surface area contributed by atoms with Crippen molar-refractivity contribution >= 4 is 17.5 Å². The molecule has 0 spiro atoms. The van der Waals surface area contributed by atoms with Crippen LogP contribution in [0.15, 0.2) is 24.3 Å². The lowest BCUT2D eigenvalue weighted by atomic mass is 10.0. The van der Waals surface area contributed by atoms with Crippen LogP contribution in [0.1, 0.15) is 43.5 Å². The number of hydrogen-bond acceptors (Lipinski definition) is 4. The van der Waals surface area contributed by atoms with Gasteiger partial charge in [-0.1, -0.05) is 13.8 Å². The average Bonchev–Trinajstić information content (AvgIpc) is 3.11. The van der Waals surface area contributed by atoms with E-state index in [0.717, 1.165) is 51.4 Å². The number of benzene rings is 1. The number of amides is 2. The van der Waals surface area contributed by atoms with Crippen LogP contribution in [0, 0.1) is 5.92 Å². The Balaban J connectivity index is 1.57. The summed E-state index contributed by atoms with van der Waals surface area (Å²) in [4.78, 5) is 28.6. The Hall–Kier alpha value is -1.92. The van der Waals surface area contributed by atoms with Crippen LogP contribution in [0.3, 0.4) is 0 Å². The molecule has 2 fully saturated rings. The van der Waals surface area contributed by atoms with Crippen LogP contribution in [0.25, 0.3) is 0 Å². The van der Waals surface area contributed by atoms with Gasteiger partial charge in [0, 0.05) is 49.9 Å². The van der Waals surface area contributed by atoms with Crippen molar-refractivity contribution in [2.75, 3.05) is 44.3 Å². The lowest BCUT2D eigenvalue weighted by molar-refractivity contribution is -0.117. The van der Waals surface area contributed by atoms with E-state index in [1.807, 2.05) is 24.3 Å². The second kappa shape index (κ2) is 9.33. The van der Waals surface area contributed by atoms with Crippen molar-refractivity contribution in [1.82, 2.24) is 10.2 Å². The highest BCUT2D eigenvalue weighted by Crippen LogP contribution is 2.21. The summed E-state index contributed by atoms with van der Waals surface area (Å²) >= 11 is 0. The average molecular weight is 373 g/mol. The lowest BCUT2D eigenvalue weighted by Gasteiger charge is -2.35. The van der Waals surface area contributed by atoms with Gasteiger partial charge in [0.25, 0.3) is 5.91 Å². The molecule has 0 saturated carbocycles. The van der Waals surface area contributed by atoms with Crippen LogP contribution in [0.5, 0.6) is 0 Å². The lowest BCUT2D eigenvalue weighted by Crippen LogP contribution is -2.49. The van der Waals surface area contributed by atoms with Crippen molar-refractivity contribution in [3.8, 4) is 0 Å². The van der Waals surface area contributed by atoms with Crippen molar-refractivity contribution in [3.63, 3.8) is 0 Å². The fraction of sp³-hybridized carbons (Fsp3) is 0.619. The highest BCUT2D eigenvalue weighted by Gasteiger charge is 2.23. The highest BCUT2D eigenvalue weighted by atomic mass is 16.5. The maximum Gasteiger partial charge on any atom is 0.251 e. The summed E-state index contributed by atoms with van der Waals surface area (Å²) in [5.41, 5.74) is 1.51. The van der Waals surface area contributed by atoms with Crippen LogP contribution < -0.4 is 10.2 Å². The number of hydrogen-bond donors (Lipinski definition) is 1. The molecule has 3 rings (SSSR count). The van der Waals surface area contributed by atoms with Crippen molar-refractivity contribution < 1.29 is 14.3 Å². The van der Waals surface area contributed by atoms with Gasteiger partial charge in [0.1, 0.15) is 0 Å². The molecular weight excluding hydrogens is 342 g/mol. The van der Waals surface area contributed by atoms with Crippen molar-refractivity contribution in [3.05, 3.63) is 29.8 Å². The van der Waals surface area contributed by atoms with Gasteiger partial charge in [-0.2, -0.15) is 0 Å². The zero-order valence-corrected chi connectivity index (χ0v) is 16.4. The van der Waals surface area contributed by atoms with E-state index in [9.17, 15) is 9.59 Å². The standard InChI is InChI=1S/C21H31N3O3/c1-16(2)14-19(23-10-12-27-13-11-23)15-22-21(26)17-5-7-18(8-6-17)24-9-3-4-20(24)25/h5-8,16,19H,3-4,9-15H2,1-2H3,(H,22,26). The number of carbonyl (C=O) groups excluding carboxylic acids is 2. The predicted octanol–water partition coefficient (Wildman–Crippen LogP) is 2.29. The molecule has 2 saturated heterocycles. The van der Waals surface area contributed by atoms with E-state index < -0.39 is 0 Å². The molecule has 2 aliphatic rings. The molecule has 0 radical (unpaired) electrons. The first-order valence-electron chi connectivity index (χ1n) is 10.0. The second-order valence-corrected chi connectivity index (χ2v) is 7.84. The Morgan fingerprint density at radius 1 is 1.15 bits per heavy atom. The summed E-state index contributed by atoms with van der Waals surface area (Å²) in [5.74, 6) is 0.678. The first-order valence-corrected chi connectivity index (χ1v) is 10.0. The summed E-state index contributed by atoms with van der Waals surface area (Å²) in [6, 6.07) is 7.68. The Labute approximate surface area is 161 Å². The molecule has 6 heteroatoms. The fourth-order valence-electron chi connectivity index (χ4n) is 3.87. The maximum absolute atomic E-state index is 12.6. The number of carbonyl (C=O) groups is 2. The minimum Gasteiger partial charge on any atom is -0.379 e. The molecule has 6 nitrogen and oxygen atoms in total. The number of anilines is 1. The molecule has 0 aromatic heterocycles. The summed E-state index contributed by atoms with van der Waals surface area (Å²) in [6.07, 6.45) is 2.57. The molecular formula is C21H31N3O3. The molecule has 0 bridgehead atoms. The molecule has 1 unspecified atom stereocenters. The number of nitrogens with zero attached hydrogens (tertiary/aromatic N) is 2. The van der Waals surface area contributed by atoms with Crippen LogP contribution in [0.4, 0.5) is 5.69 Å². The topological polar surface area (TPSA) is 61.9 Å². The van der Waals surface area contributed by atoms with Crippen LogP contribution in [-0.2, 0) is 9.53 Å². The number of nitrogens with one attached hydrogen (secondary N) is 1. The third-order valence-corrected chi connectivity index (χ3v) is 5.32. The zero-order chi connectivity index (χ0) is 19.2. The van der Waals surface area contributed by atoms with Gasteiger partial charge in [-0.05, 0) is 43.0 Å². The van der Waals surface area contributed by atoms with Gasteiger partial charge in [0.05, 0.1) is 13.2 Å². The Morgan fingerprint density at radius 3 is 2.44 bits per heavy atom. The van der Waals surface area contributed by atoms with E-state index in [1.54, 1.807) is 4.90 Å². The summed E-state index contributed by atoms with van der Waals surface area (Å²) in [6.45, 7) is 9.21. The van der Waals surface area contributed by atoms with Gasteiger partial charge in [-0.25, -0.2) is 0 Å². The summed E-state index contributed by atoms with van der Waals surface area (Å²) in [5, 5.41) is 3.10. The molecule has 27 heavy (non-hydrogen) atoms. The minimum absolute atomic E-state index is 0.0590. The predicted molar refractivity (Wildman–Crippen MR) is 106 cm³/mol. The second-order valence-electron chi connectivity index (χ2n) is 7.84. The normalized spacial score (nSPS) is 19.5. The van der Waals surface area contributed by atoms with E-state index in [0.29, 0.717) is 30.5 Å². The fourth-order valence-corrected chi connectivity index (χ4v) is 3.87. The van der Waals surface area contributed by atoms with E-state index >= 15 is 0 Å². The quantitative estimate of drug-likeness (QED) is 0.797. The first kappa shape index (κ1) is 19.8. The zero-order valence-electron chi connectivity index (χ0n) is 16.4. The van der Waals surface area contributed by atoms with Gasteiger partial charge < -0.3 is 15.0 Å². The molecule has 1 atom stereocenters. The van der Waals surface area contributed by atoms with Crippen molar-refractivity contribution in [2.45, 2.75) is 39.2 Å². The third-order valence-electron chi connectivity index (χ3n) is 5.32. The highest BCUT2D eigenvalue weighted by molar-refractivity contribution is 5.97. The third kappa shape index (κ3) is 5.30. The van der Waals surface area contributed by atoms with E-state index in [-0.39, 0.29) is 11.8 Å². The SMILES string of the molecule is CC(C)CC(CNC(=O)c1ccc(N2CCCC2=O)cc1)N1CCOCC1. The molecule has 2 amide bonds. The maximum atomic E-state index is 12.6. The summed E-state index contributed by atoms with van der Waals surface area (Å²) < 4.78 is 5.45. The van der Waals surface area contributed by atoms with E-state index in [2.05, 4.69) is 24.1 Å². The molecule has 1 aromatic rings. The molecule has 2 heterocycles. The number of morpholine rings is 1. The van der Waals surface area contributed by atoms with Crippen LogP contribution in [-0.4, -0.2) is 62.1 Å². The summed E-state index contributed by atoms with van der Waals surface area (Å²) in [7, 11) is 0.